The van der Waals surface area contributed by atoms with Crippen molar-refractivity contribution in [3.8, 4) is 16.9 Å². The summed E-state index contributed by atoms with van der Waals surface area (Å²) in [6, 6.07) is 7.83. The molecular formula is C25H25ClN4O3. The van der Waals surface area contributed by atoms with Gasteiger partial charge in [-0.05, 0) is 37.1 Å². The number of fused-ring (bicyclic) bond motifs is 1. The number of ether oxygens (including phenoxy) is 1. The van der Waals surface area contributed by atoms with E-state index in [4.69, 9.17) is 25.8 Å². The van der Waals surface area contributed by atoms with Crippen LogP contribution in [0.25, 0.3) is 22.0 Å². The largest absolute Gasteiger partial charge is 0.487 e. The van der Waals surface area contributed by atoms with Crippen LogP contribution in [0.5, 0.6) is 5.75 Å². The zero-order chi connectivity index (χ0) is 23.5. The Labute approximate surface area is 197 Å². The van der Waals surface area contributed by atoms with E-state index >= 15 is 0 Å². The maximum absolute atomic E-state index is 12.0. The molecule has 4 aromatic rings. The van der Waals surface area contributed by atoms with Crippen LogP contribution >= 0.6 is 11.6 Å². The van der Waals surface area contributed by atoms with Crippen LogP contribution in [0.2, 0.25) is 5.02 Å². The van der Waals surface area contributed by atoms with Crippen molar-refractivity contribution in [3.05, 3.63) is 70.5 Å². The molecule has 170 valence electrons. The van der Waals surface area contributed by atoms with E-state index in [0.717, 1.165) is 44.5 Å². The first-order chi connectivity index (χ1) is 15.8. The van der Waals surface area contributed by atoms with Gasteiger partial charge in [0, 0.05) is 47.1 Å². The predicted molar refractivity (Wildman–Crippen MR) is 127 cm³/mol. The van der Waals surface area contributed by atoms with Gasteiger partial charge < -0.3 is 14.6 Å². The van der Waals surface area contributed by atoms with E-state index in [-0.39, 0.29) is 18.4 Å². The Hall–Kier alpha value is -3.45. The standard InChI is InChI=1S/C25H25ClN4O3/c1-14(2)25(31)28-10-17-9-27-11-22(26)21(17)12-32-23-7-5-6-18-19(8-15(3)29-24(18)23)20-13-33-30-16(20)4/h5-9,11,13-14H,10,12H2,1-4H3,(H,28,31). The van der Waals surface area contributed by atoms with Gasteiger partial charge in [-0.1, -0.05) is 42.7 Å². The summed E-state index contributed by atoms with van der Waals surface area (Å²) in [4.78, 5) is 20.9. The second-order valence-electron chi connectivity index (χ2n) is 8.20. The summed E-state index contributed by atoms with van der Waals surface area (Å²) in [6.07, 6.45) is 4.92. The molecule has 1 N–H and O–H groups in total. The fourth-order valence-electron chi connectivity index (χ4n) is 3.59. The van der Waals surface area contributed by atoms with Gasteiger partial charge in [-0.3, -0.25) is 9.78 Å². The third-order valence-electron chi connectivity index (χ3n) is 5.41. The monoisotopic (exact) mass is 464 g/mol. The zero-order valence-electron chi connectivity index (χ0n) is 19.0. The smallest absolute Gasteiger partial charge is 0.222 e. The SMILES string of the molecule is Cc1cc(-c2conc2C)c2cccc(OCc3c(Cl)cncc3CNC(=O)C(C)C)c2n1. The molecule has 0 saturated carbocycles. The lowest BCUT2D eigenvalue weighted by Crippen LogP contribution is -2.27. The lowest BCUT2D eigenvalue weighted by atomic mass is 10.0. The molecule has 0 spiro atoms. The van der Waals surface area contributed by atoms with Crippen molar-refractivity contribution in [2.24, 2.45) is 5.92 Å². The number of para-hydroxylation sites is 1. The molecule has 0 unspecified atom stereocenters. The van der Waals surface area contributed by atoms with E-state index in [1.54, 1.807) is 18.7 Å². The first-order valence-corrected chi connectivity index (χ1v) is 11.1. The summed E-state index contributed by atoms with van der Waals surface area (Å²) in [5.41, 5.74) is 5.90. The molecule has 0 aliphatic carbocycles. The molecule has 0 saturated heterocycles. The van der Waals surface area contributed by atoms with Crippen molar-refractivity contribution in [2.75, 3.05) is 0 Å². The second kappa shape index (κ2) is 9.58. The molecular weight excluding hydrogens is 440 g/mol. The van der Waals surface area contributed by atoms with Crippen molar-refractivity contribution in [1.82, 2.24) is 20.4 Å². The van der Waals surface area contributed by atoms with Crippen LogP contribution in [0.3, 0.4) is 0 Å². The van der Waals surface area contributed by atoms with Gasteiger partial charge in [0.15, 0.2) is 0 Å². The number of carbonyl (C=O) groups excluding carboxylic acids is 1. The highest BCUT2D eigenvalue weighted by Gasteiger charge is 2.16. The number of benzene rings is 1. The number of hydrogen-bond acceptors (Lipinski definition) is 6. The van der Waals surface area contributed by atoms with Crippen LogP contribution in [-0.2, 0) is 17.9 Å². The van der Waals surface area contributed by atoms with Crippen LogP contribution in [0.15, 0.2) is 47.4 Å². The fraction of sp³-hybridized carbons (Fsp3) is 0.280. The number of halogens is 1. The molecule has 4 rings (SSSR count). The van der Waals surface area contributed by atoms with Crippen molar-refractivity contribution >= 4 is 28.4 Å². The Morgan fingerprint density at radius 1 is 1.21 bits per heavy atom. The first kappa shape index (κ1) is 22.7. The first-order valence-electron chi connectivity index (χ1n) is 10.7. The molecule has 0 radical (unpaired) electrons. The van der Waals surface area contributed by atoms with Gasteiger partial charge in [0.05, 0.1) is 10.7 Å². The Morgan fingerprint density at radius 2 is 2.03 bits per heavy atom. The molecule has 3 heterocycles. The normalized spacial score (nSPS) is 11.2. The second-order valence-corrected chi connectivity index (χ2v) is 8.60. The van der Waals surface area contributed by atoms with Crippen LogP contribution in [0, 0.1) is 19.8 Å². The molecule has 3 aromatic heterocycles. The van der Waals surface area contributed by atoms with Crippen LogP contribution < -0.4 is 10.1 Å². The highest BCUT2D eigenvalue weighted by molar-refractivity contribution is 6.31. The summed E-state index contributed by atoms with van der Waals surface area (Å²) < 4.78 is 11.4. The van der Waals surface area contributed by atoms with Gasteiger partial charge in [0.25, 0.3) is 0 Å². The molecule has 1 aromatic carbocycles. The molecule has 0 aliphatic heterocycles. The fourth-order valence-corrected chi connectivity index (χ4v) is 3.83. The van der Waals surface area contributed by atoms with Crippen molar-refractivity contribution in [1.29, 1.82) is 0 Å². The topological polar surface area (TPSA) is 90.1 Å². The number of carbonyl (C=O) groups is 1. The maximum Gasteiger partial charge on any atom is 0.222 e. The predicted octanol–water partition coefficient (Wildman–Crippen LogP) is 5.41. The summed E-state index contributed by atoms with van der Waals surface area (Å²) >= 11 is 6.44. The molecule has 0 atom stereocenters. The minimum atomic E-state index is -0.106. The number of pyridine rings is 2. The van der Waals surface area contributed by atoms with Gasteiger partial charge in [0.1, 0.15) is 24.1 Å². The zero-order valence-corrected chi connectivity index (χ0v) is 19.7. The van der Waals surface area contributed by atoms with Crippen molar-refractivity contribution in [2.45, 2.75) is 40.8 Å². The van der Waals surface area contributed by atoms with Gasteiger partial charge >= 0.3 is 0 Å². The maximum atomic E-state index is 12.0. The van der Waals surface area contributed by atoms with Gasteiger partial charge in [0.2, 0.25) is 5.91 Å². The highest BCUT2D eigenvalue weighted by Crippen LogP contribution is 2.35. The van der Waals surface area contributed by atoms with E-state index in [1.165, 1.54) is 0 Å². The molecule has 1 amide bonds. The molecule has 8 heteroatoms. The third kappa shape index (κ3) is 4.83. The van der Waals surface area contributed by atoms with E-state index in [2.05, 4.69) is 15.5 Å². The Kier molecular flexibility index (Phi) is 6.60. The van der Waals surface area contributed by atoms with Crippen molar-refractivity contribution in [3.63, 3.8) is 0 Å². The molecule has 0 aliphatic rings. The Bertz CT molecular complexity index is 1320. The quantitative estimate of drug-likeness (QED) is 0.393. The van der Waals surface area contributed by atoms with Gasteiger partial charge in [-0.25, -0.2) is 4.98 Å². The van der Waals surface area contributed by atoms with E-state index in [1.807, 2.05) is 52.0 Å². The summed E-state index contributed by atoms with van der Waals surface area (Å²) in [5.74, 6) is 0.494. The lowest BCUT2D eigenvalue weighted by molar-refractivity contribution is -0.124. The number of nitrogens with one attached hydrogen (secondary N) is 1. The Balaban J connectivity index is 1.66. The number of amides is 1. The summed E-state index contributed by atoms with van der Waals surface area (Å²) in [5, 5.41) is 8.34. The number of aryl methyl sites for hydroxylation is 2. The summed E-state index contributed by atoms with van der Waals surface area (Å²) in [7, 11) is 0. The number of rotatable bonds is 7. The molecule has 0 bridgehead atoms. The van der Waals surface area contributed by atoms with E-state index in [9.17, 15) is 4.79 Å². The molecule has 0 fully saturated rings. The lowest BCUT2D eigenvalue weighted by Gasteiger charge is -2.15. The average molecular weight is 465 g/mol. The van der Waals surface area contributed by atoms with Crippen LogP contribution in [0.4, 0.5) is 0 Å². The van der Waals surface area contributed by atoms with Crippen molar-refractivity contribution < 1.29 is 14.1 Å². The minimum Gasteiger partial charge on any atom is -0.487 e. The summed E-state index contributed by atoms with van der Waals surface area (Å²) in [6.45, 7) is 8.09. The van der Waals surface area contributed by atoms with E-state index in [0.29, 0.717) is 17.3 Å². The van der Waals surface area contributed by atoms with E-state index < -0.39 is 0 Å². The highest BCUT2D eigenvalue weighted by atomic mass is 35.5. The van der Waals surface area contributed by atoms with Crippen LogP contribution in [0.1, 0.15) is 36.4 Å². The molecule has 33 heavy (non-hydrogen) atoms. The third-order valence-corrected chi connectivity index (χ3v) is 5.74. The number of aromatic nitrogens is 3. The van der Waals surface area contributed by atoms with Crippen LogP contribution in [-0.4, -0.2) is 21.0 Å². The number of hydrogen-bond donors (Lipinski definition) is 1. The van der Waals surface area contributed by atoms with Gasteiger partial charge in [-0.15, -0.1) is 0 Å². The Morgan fingerprint density at radius 3 is 2.76 bits per heavy atom. The van der Waals surface area contributed by atoms with Gasteiger partial charge in [-0.2, -0.15) is 0 Å². The average Bonchev–Trinajstić information content (AvgIpc) is 3.21. The molecule has 7 nitrogen and oxygen atoms in total. The minimum absolute atomic E-state index is 0.0351. The number of nitrogens with zero attached hydrogens (tertiary/aromatic N) is 3.